The molecule has 12 heteroatoms. The van der Waals surface area contributed by atoms with Gasteiger partial charge in [0.15, 0.2) is 0 Å². The molecule has 0 aliphatic carbocycles. The lowest BCUT2D eigenvalue weighted by atomic mass is 9.80. The van der Waals surface area contributed by atoms with Gasteiger partial charge in [-0.15, -0.1) is 0 Å². The van der Waals surface area contributed by atoms with Gasteiger partial charge in [-0.2, -0.15) is 0 Å². The van der Waals surface area contributed by atoms with Crippen molar-refractivity contribution in [2.45, 2.75) is 0 Å². The fourth-order valence-electron chi connectivity index (χ4n) is 3.99. The maximum atomic E-state index is 9.55. The molecule has 0 fully saturated rings. The van der Waals surface area contributed by atoms with Crippen LogP contribution in [0.15, 0.2) is 72.8 Å². The van der Waals surface area contributed by atoms with E-state index in [0.29, 0.717) is 84.7 Å². The monoisotopic (exact) mass is 613 g/mol. The minimum absolute atomic E-state index is 0.411. The molecule has 0 amide bonds. The van der Waals surface area contributed by atoms with Crippen molar-refractivity contribution in [2.24, 2.45) is 0 Å². The van der Waals surface area contributed by atoms with Gasteiger partial charge in [0.2, 0.25) is 0 Å². The van der Waals surface area contributed by atoms with E-state index in [2.05, 4.69) is 4.90 Å². The highest BCUT2D eigenvalue weighted by atomic mass is 16.6. The summed E-state index contributed by atoms with van der Waals surface area (Å²) in [5.74, 6) is 1.44. The van der Waals surface area contributed by atoms with E-state index in [4.69, 9.17) is 37.9 Å². The minimum atomic E-state index is -1.54. The van der Waals surface area contributed by atoms with Gasteiger partial charge in [-0.25, -0.2) is 0 Å². The van der Waals surface area contributed by atoms with Crippen LogP contribution >= 0.6 is 0 Å². The Labute approximate surface area is 260 Å². The zero-order chi connectivity index (χ0) is 31.2. The first-order valence-corrected chi connectivity index (χ1v) is 14.6. The Hall–Kier alpha value is -3.20. The van der Waals surface area contributed by atoms with Crippen molar-refractivity contribution < 1.29 is 47.9 Å². The predicted molar refractivity (Wildman–Crippen MR) is 169 cm³/mol. The molecule has 3 aromatic rings. The van der Waals surface area contributed by atoms with Crippen LogP contribution in [0.2, 0.25) is 0 Å². The second-order valence-corrected chi connectivity index (χ2v) is 9.42. The highest BCUT2D eigenvalue weighted by Crippen LogP contribution is 2.35. The van der Waals surface area contributed by atoms with Gasteiger partial charge in [0.1, 0.15) is 24.7 Å². The summed E-state index contributed by atoms with van der Waals surface area (Å²) in [4.78, 5) is 2.06. The summed E-state index contributed by atoms with van der Waals surface area (Å²) in [6.45, 7) is 5.99. The first-order valence-electron chi connectivity index (χ1n) is 14.6. The minimum Gasteiger partial charge on any atom is -0.491 e. The number of rotatable bonds is 24. The summed E-state index contributed by atoms with van der Waals surface area (Å²) in [5, 5.41) is 19.1. The van der Waals surface area contributed by atoms with E-state index in [-0.39, 0.29) is 0 Å². The van der Waals surface area contributed by atoms with Crippen molar-refractivity contribution >= 4 is 29.6 Å². The number of hydrogen-bond acceptors (Lipinski definition) is 11. The van der Waals surface area contributed by atoms with E-state index in [0.717, 1.165) is 28.6 Å². The van der Waals surface area contributed by atoms with Crippen LogP contribution in [0.25, 0.3) is 0 Å². The molecule has 2 N–H and O–H groups in total. The van der Waals surface area contributed by atoms with Crippen LogP contribution in [0.1, 0.15) is 0 Å². The van der Waals surface area contributed by atoms with Gasteiger partial charge in [-0.3, -0.25) is 0 Å². The SMILES string of the molecule is COCCOCCOCCOc1ccc(N(c2ccc(OCCOCCOCCOC)cc2)c2ccc(B(O)O)cc2)cc1. The Bertz CT molecular complexity index is 1070. The van der Waals surface area contributed by atoms with Crippen molar-refractivity contribution in [3.63, 3.8) is 0 Å². The molecule has 0 heterocycles. The van der Waals surface area contributed by atoms with E-state index >= 15 is 0 Å². The number of anilines is 3. The van der Waals surface area contributed by atoms with Crippen LogP contribution in [0.5, 0.6) is 11.5 Å². The summed E-state index contributed by atoms with van der Waals surface area (Å²) in [6, 6.07) is 22.6. The molecule has 3 rings (SSSR count). The summed E-state index contributed by atoms with van der Waals surface area (Å²) >= 11 is 0. The van der Waals surface area contributed by atoms with Crippen LogP contribution in [-0.4, -0.2) is 111 Å². The van der Waals surface area contributed by atoms with Gasteiger partial charge in [-0.05, 0) is 66.1 Å². The number of hydrogen-bond donors (Lipinski definition) is 2. The second-order valence-electron chi connectivity index (χ2n) is 9.42. The molecule has 0 atom stereocenters. The quantitative estimate of drug-likeness (QED) is 0.115. The van der Waals surface area contributed by atoms with Crippen molar-refractivity contribution in [3.8, 4) is 11.5 Å². The lowest BCUT2D eigenvalue weighted by Crippen LogP contribution is -2.29. The van der Waals surface area contributed by atoms with Crippen molar-refractivity contribution in [1.29, 1.82) is 0 Å². The summed E-state index contributed by atoms with van der Waals surface area (Å²) in [7, 11) is 1.74. The third-order valence-corrected chi connectivity index (χ3v) is 6.24. The molecule has 11 nitrogen and oxygen atoms in total. The van der Waals surface area contributed by atoms with Crippen molar-refractivity contribution in [3.05, 3.63) is 72.8 Å². The first kappa shape index (κ1) is 35.3. The molecule has 0 saturated carbocycles. The largest absolute Gasteiger partial charge is 0.491 e. The molecule has 0 bridgehead atoms. The molecule has 0 radical (unpaired) electrons. The molecular formula is C32H44BNO10. The third-order valence-electron chi connectivity index (χ3n) is 6.24. The third kappa shape index (κ3) is 13.2. The molecule has 240 valence electrons. The van der Waals surface area contributed by atoms with Gasteiger partial charge in [0.05, 0.1) is 66.1 Å². The normalized spacial score (nSPS) is 11.0. The van der Waals surface area contributed by atoms with Gasteiger partial charge in [0.25, 0.3) is 0 Å². The standard InChI is InChI=1S/C32H44BNO10/c1-37-15-17-39-19-21-41-23-25-43-31-11-7-29(8-12-31)34(28-5-3-27(4-6-28)33(35)36)30-9-13-32(14-10-30)44-26-24-42-22-20-40-18-16-38-2/h3-14,35-36H,15-26H2,1-2H3. The Morgan fingerprint density at radius 3 is 1.11 bits per heavy atom. The van der Waals surface area contributed by atoms with Crippen LogP contribution < -0.4 is 19.8 Å². The number of ether oxygens (including phenoxy) is 8. The van der Waals surface area contributed by atoms with Gasteiger partial charge < -0.3 is 52.8 Å². The maximum Gasteiger partial charge on any atom is 0.488 e. The highest BCUT2D eigenvalue weighted by Gasteiger charge is 2.15. The van der Waals surface area contributed by atoms with Gasteiger partial charge >= 0.3 is 7.12 Å². The van der Waals surface area contributed by atoms with E-state index in [1.54, 1.807) is 26.4 Å². The summed E-state index contributed by atoms with van der Waals surface area (Å²) in [6.07, 6.45) is 0. The molecule has 0 saturated heterocycles. The maximum absolute atomic E-state index is 9.55. The lowest BCUT2D eigenvalue weighted by molar-refractivity contribution is 0.0180. The first-order chi connectivity index (χ1) is 21.6. The molecule has 0 aliphatic heterocycles. The predicted octanol–water partition coefficient (Wildman–Crippen LogP) is 2.95. The van der Waals surface area contributed by atoms with Crippen LogP contribution in [0, 0.1) is 0 Å². The smallest absolute Gasteiger partial charge is 0.488 e. The zero-order valence-electron chi connectivity index (χ0n) is 25.6. The number of benzene rings is 3. The lowest BCUT2D eigenvalue weighted by Gasteiger charge is -2.26. The van der Waals surface area contributed by atoms with E-state index in [9.17, 15) is 10.0 Å². The van der Waals surface area contributed by atoms with Crippen LogP contribution in [0.3, 0.4) is 0 Å². The zero-order valence-corrected chi connectivity index (χ0v) is 25.6. The van der Waals surface area contributed by atoms with Crippen molar-refractivity contribution in [2.75, 3.05) is 98.4 Å². The van der Waals surface area contributed by atoms with E-state index < -0.39 is 7.12 Å². The fourth-order valence-corrected chi connectivity index (χ4v) is 3.99. The molecule has 3 aromatic carbocycles. The molecule has 0 spiro atoms. The summed E-state index contributed by atoms with van der Waals surface area (Å²) in [5.41, 5.74) is 3.05. The average Bonchev–Trinajstić information content (AvgIpc) is 3.05. The second kappa shape index (κ2) is 21.5. The van der Waals surface area contributed by atoms with Gasteiger partial charge in [0, 0.05) is 31.3 Å². The summed E-state index contributed by atoms with van der Waals surface area (Å²) < 4.78 is 43.4. The topological polar surface area (TPSA) is 118 Å². The molecule has 44 heavy (non-hydrogen) atoms. The Morgan fingerprint density at radius 2 is 0.773 bits per heavy atom. The van der Waals surface area contributed by atoms with Crippen LogP contribution in [0.4, 0.5) is 17.1 Å². The van der Waals surface area contributed by atoms with Crippen molar-refractivity contribution in [1.82, 2.24) is 0 Å². The average molecular weight is 614 g/mol. The molecule has 0 unspecified atom stereocenters. The van der Waals surface area contributed by atoms with E-state index in [1.807, 2.05) is 60.7 Å². The fraction of sp³-hybridized carbons (Fsp3) is 0.438. The van der Waals surface area contributed by atoms with E-state index in [1.165, 1.54) is 0 Å². The molecular weight excluding hydrogens is 569 g/mol. The number of nitrogens with zero attached hydrogens (tertiary/aromatic N) is 1. The Kier molecular flexibility index (Phi) is 17.2. The Morgan fingerprint density at radius 1 is 0.455 bits per heavy atom. The Balaban J connectivity index is 1.55. The van der Waals surface area contributed by atoms with Crippen LogP contribution in [-0.2, 0) is 28.4 Å². The molecule has 0 aliphatic rings. The number of methoxy groups -OCH3 is 2. The molecule has 0 aromatic heterocycles. The highest BCUT2D eigenvalue weighted by molar-refractivity contribution is 6.58. The van der Waals surface area contributed by atoms with Gasteiger partial charge in [-0.1, -0.05) is 12.1 Å².